The zero-order valence-electron chi connectivity index (χ0n) is 17.7. The lowest BCUT2D eigenvalue weighted by molar-refractivity contribution is 0.0377. The van der Waals surface area contributed by atoms with Gasteiger partial charge in [-0.1, -0.05) is 11.6 Å². The van der Waals surface area contributed by atoms with Crippen LogP contribution in [0.1, 0.15) is 35.3 Å². The van der Waals surface area contributed by atoms with Crippen LogP contribution in [0.4, 0.5) is 5.69 Å². The van der Waals surface area contributed by atoms with Crippen LogP contribution in [-0.2, 0) is 20.3 Å². The van der Waals surface area contributed by atoms with Gasteiger partial charge in [-0.15, -0.1) is 0 Å². The molecule has 0 saturated carbocycles. The molecule has 2 heterocycles. The predicted molar refractivity (Wildman–Crippen MR) is 119 cm³/mol. The molecule has 0 atom stereocenters. The number of aryl methyl sites for hydroxylation is 1. The molecule has 0 unspecified atom stereocenters. The Morgan fingerprint density at radius 2 is 1.87 bits per heavy atom. The van der Waals surface area contributed by atoms with Crippen LogP contribution >= 0.6 is 11.6 Å². The van der Waals surface area contributed by atoms with Crippen molar-refractivity contribution in [2.24, 2.45) is 0 Å². The van der Waals surface area contributed by atoms with Gasteiger partial charge in [0, 0.05) is 37.4 Å². The second kappa shape index (κ2) is 8.33. The first-order valence-corrected chi connectivity index (χ1v) is 12.2. The highest BCUT2D eigenvalue weighted by Crippen LogP contribution is 2.45. The minimum atomic E-state index is -3.79. The lowest BCUT2D eigenvalue weighted by atomic mass is 10.1. The van der Waals surface area contributed by atoms with Gasteiger partial charge in [-0.05, 0) is 50.6 Å². The largest absolute Gasteiger partial charge is 0.459 e. The van der Waals surface area contributed by atoms with Crippen LogP contribution in [0.3, 0.4) is 0 Å². The van der Waals surface area contributed by atoms with Crippen LogP contribution in [0.15, 0.2) is 29.2 Å². The van der Waals surface area contributed by atoms with Crippen molar-refractivity contribution in [3.8, 4) is 11.5 Å². The first kappa shape index (κ1) is 21.9. The number of ether oxygens (including phenoxy) is 2. The molecule has 0 bridgehead atoms. The van der Waals surface area contributed by atoms with Crippen molar-refractivity contribution in [2.45, 2.75) is 37.5 Å². The SMILES string of the molecule is Cc1cc(C(=O)OC(C)C)cc2c1Oc1c(Cl)cc(N3CCNCC3)cc1CS2(=O)=O. The molecule has 166 valence electrons. The molecule has 1 N–H and O–H groups in total. The van der Waals surface area contributed by atoms with E-state index in [0.717, 1.165) is 31.9 Å². The molecular formula is C22H25ClN2O5S. The standard InChI is InChI=1S/C22H25ClN2O5S/c1-13(2)29-22(26)15-8-14(3)20-19(10-15)31(27,28)12-16-9-17(11-18(23)21(16)30-20)25-6-4-24-5-7-25/h8-11,13,24H,4-7,12H2,1-3H3. The summed E-state index contributed by atoms with van der Waals surface area (Å²) in [6.07, 6.45) is -0.314. The zero-order chi connectivity index (χ0) is 22.3. The Hall–Kier alpha value is -2.29. The molecule has 2 aromatic rings. The topological polar surface area (TPSA) is 84.9 Å². The van der Waals surface area contributed by atoms with E-state index in [4.69, 9.17) is 21.1 Å². The molecule has 9 heteroatoms. The van der Waals surface area contributed by atoms with E-state index in [0.29, 0.717) is 21.9 Å². The number of halogens is 1. The van der Waals surface area contributed by atoms with Gasteiger partial charge >= 0.3 is 5.97 Å². The Labute approximate surface area is 187 Å². The van der Waals surface area contributed by atoms with E-state index in [9.17, 15) is 13.2 Å². The fraction of sp³-hybridized carbons (Fsp3) is 0.409. The highest BCUT2D eigenvalue weighted by atomic mass is 35.5. The normalized spacial score (nSPS) is 17.4. The van der Waals surface area contributed by atoms with Gasteiger partial charge in [0.1, 0.15) is 16.4 Å². The zero-order valence-corrected chi connectivity index (χ0v) is 19.3. The molecule has 1 fully saturated rings. The van der Waals surface area contributed by atoms with Crippen molar-refractivity contribution in [1.82, 2.24) is 5.32 Å². The van der Waals surface area contributed by atoms with Gasteiger partial charge in [0.25, 0.3) is 0 Å². The van der Waals surface area contributed by atoms with E-state index < -0.39 is 15.8 Å². The Balaban J connectivity index is 1.79. The van der Waals surface area contributed by atoms with E-state index in [-0.39, 0.29) is 28.1 Å². The Morgan fingerprint density at radius 1 is 1.16 bits per heavy atom. The van der Waals surface area contributed by atoms with Gasteiger partial charge in [-0.25, -0.2) is 13.2 Å². The van der Waals surface area contributed by atoms with Crippen LogP contribution in [0.25, 0.3) is 0 Å². The molecule has 4 rings (SSSR count). The van der Waals surface area contributed by atoms with E-state index >= 15 is 0 Å². The number of nitrogens with one attached hydrogen (secondary N) is 1. The monoisotopic (exact) mass is 464 g/mol. The van der Waals surface area contributed by atoms with Gasteiger partial charge in [0.05, 0.1) is 22.4 Å². The summed E-state index contributed by atoms with van der Waals surface area (Å²) in [6, 6.07) is 6.55. The third-order valence-electron chi connectivity index (χ3n) is 5.29. The minimum Gasteiger partial charge on any atom is -0.459 e. The highest BCUT2D eigenvalue weighted by molar-refractivity contribution is 7.90. The number of hydrogen-bond donors (Lipinski definition) is 1. The number of fused-ring (bicyclic) bond motifs is 2. The van der Waals surface area contributed by atoms with Crippen molar-refractivity contribution in [1.29, 1.82) is 0 Å². The molecule has 31 heavy (non-hydrogen) atoms. The van der Waals surface area contributed by atoms with Gasteiger partial charge in [-0.2, -0.15) is 0 Å². The summed E-state index contributed by atoms with van der Waals surface area (Å²) in [4.78, 5) is 14.5. The molecule has 7 nitrogen and oxygen atoms in total. The molecule has 2 aliphatic heterocycles. The summed E-state index contributed by atoms with van der Waals surface area (Å²) in [5.41, 5.74) is 2.07. The number of rotatable bonds is 3. The molecule has 0 aromatic heterocycles. The van der Waals surface area contributed by atoms with E-state index in [2.05, 4.69) is 10.2 Å². The average molecular weight is 465 g/mol. The van der Waals surface area contributed by atoms with Gasteiger partial charge in [0.2, 0.25) is 0 Å². The molecule has 2 aromatic carbocycles. The maximum absolute atomic E-state index is 13.3. The second-order valence-corrected chi connectivity index (χ2v) is 10.5. The Bertz CT molecular complexity index is 1140. The van der Waals surface area contributed by atoms with Crippen LogP contribution < -0.4 is 15.0 Å². The molecular weight excluding hydrogens is 440 g/mol. The molecule has 0 spiro atoms. The summed E-state index contributed by atoms with van der Waals surface area (Å²) >= 11 is 6.55. The van der Waals surface area contributed by atoms with Crippen LogP contribution in [0.2, 0.25) is 5.02 Å². The lowest BCUT2D eigenvalue weighted by Gasteiger charge is -2.30. The Kier molecular flexibility index (Phi) is 5.89. The fourth-order valence-corrected chi connectivity index (χ4v) is 5.69. The molecule has 1 saturated heterocycles. The summed E-state index contributed by atoms with van der Waals surface area (Å²) in [5, 5.41) is 3.65. The Morgan fingerprint density at radius 3 is 2.55 bits per heavy atom. The smallest absolute Gasteiger partial charge is 0.338 e. The van der Waals surface area contributed by atoms with Crippen molar-refractivity contribution >= 4 is 33.1 Å². The number of hydrogen-bond acceptors (Lipinski definition) is 7. The maximum atomic E-state index is 13.3. The number of benzene rings is 2. The first-order chi connectivity index (χ1) is 14.7. The van der Waals surface area contributed by atoms with Gasteiger partial charge in [0.15, 0.2) is 9.84 Å². The van der Waals surface area contributed by atoms with Crippen LogP contribution in [-0.4, -0.2) is 46.7 Å². The summed E-state index contributed by atoms with van der Waals surface area (Å²) in [7, 11) is -3.79. The number of piperazine rings is 1. The molecule has 0 aliphatic carbocycles. The van der Waals surface area contributed by atoms with Crippen molar-refractivity contribution in [3.05, 3.63) is 46.0 Å². The summed E-state index contributed by atoms with van der Waals surface area (Å²) in [6.45, 7) is 8.50. The van der Waals surface area contributed by atoms with E-state index in [1.54, 1.807) is 26.8 Å². The average Bonchev–Trinajstić information content (AvgIpc) is 2.82. The fourth-order valence-electron chi connectivity index (χ4n) is 3.85. The van der Waals surface area contributed by atoms with Crippen LogP contribution in [0, 0.1) is 6.92 Å². The lowest BCUT2D eigenvalue weighted by Crippen LogP contribution is -2.43. The molecule has 0 amide bonds. The van der Waals surface area contributed by atoms with Gasteiger partial charge in [-0.3, -0.25) is 0 Å². The van der Waals surface area contributed by atoms with Crippen molar-refractivity contribution < 1.29 is 22.7 Å². The van der Waals surface area contributed by atoms with E-state index in [1.165, 1.54) is 6.07 Å². The van der Waals surface area contributed by atoms with Crippen molar-refractivity contribution in [3.63, 3.8) is 0 Å². The molecule has 0 radical (unpaired) electrons. The third kappa shape index (κ3) is 4.37. The first-order valence-electron chi connectivity index (χ1n) is 10.2. The van der Waals surface area contributed by atoms with E-state index in [1.807, 2.05) is 12.1 Å². The van der Waals surface area contributed by atoms with Crippen molar-refractivity contribution in [2.75, 3.05) is 31.1 Å². The quantitative estimate of drug-likeness (QED) is 0.693. The summed E-state index contributed by atoms with van der Waals surface area (Å²) < 4.78 is 37.9. The van der Waals surface area contributed by atoms with Gasteiger partial charge < -0.3 is 19.7 Å². The number of esters is 1. The third-order valence-corrected chi connectivity index (χ3v) is 7.24. The molecule has 2 aliphatic rings. The minimum absolute atomic E-state index is 0.0285. The number of nitrogens with zero attached hydrogens (tertiary/aromatic N) is 1. The highest BCUT2D eigenvalue weighted by Gasteiger charge is 2.32. The second-order valence-electron chi connectivity index (χ2n) is 8.09. The van der Waals surface area contributed by atoms with Crippen LogP contribution in [0.5, 0.6) is 11.5 Å². The predicted octanol–water partition coefficient (Wildman–Crippen LogP) is 3.70. The number of carbonyl (C=O) groups is 1. The maximum Gasteiger partial charge on any atom is 0.338 e. The number of carbonyl (C=O) groups excluding carboxylic acids is 1. The number of anilines is 1. The number of sulfone groups is 1. The summed E-state index contributed by atoms with van der Waals surface area (Å²) in [5.74, 6) is -0.311.